The number of anilines is 3. The fourth-order valence-electron chi connectivity index (χ4n) is 9.60. The van der Waals surface area contributed by atoms with Gasteiger partial charge in [-0.25, -0.2) is 0 Å². The number of benzene rings is 10. The van der Waals surface area contributed by atoms with E-state index in [1.165, 1.54) is 72.0 Å². The van der Waals surface area contributed by atoms with Crippen molar-refractivity contribution in [2.75, 3.05) is 4.90 Å². The largest absolute Gasteiger partial charge is 0.310 e. The molecule has 0 spiro atoms. The molecular formula is C59H41N. The predicted molar refractivity (Wildman–Crippen MR) is 252 cm³/mol. The van der Waals surface area contributed by atoms with Gasteiger partial charge < -0.3 is 4.90 Å². The summed E-state index contributed by atoms with van der Waals surface area (Å²) in [7, 11) is 0. The number of hydrogen-bond donors (Lipinski definition) is 0. The summed E-state index contributed by atoms with van der Waals surface area (Å²) in [5, 5.41) is 2.47. The molecule has 0 bridgehead atoms. The Kier molecular flexibility index (Phi) is 8.79. The average Bonchev–Trinajstić information content (AvgIpc) is 3.63. The summed E-state index contributed by atoms with van der Waals surface area (Å²) in [6, 6.07) is 91.2. The van der Waals surface area contributed by atoms with Crippen LogP contribution in [-0.4, -0.2) is 0 Å². The molecule has 60 heavy (non-hydrogen) atoms. The second kappa shape index (κ2) is 14.9. The number of rotatable bonds is 8. The van der Waals surface area contributed by atoms with Crippen molar-refractivity contribution in [2.24, 2.45) is 0 Å². The maximum atomic E-state index is 2.47. The molecule has 1 heteroatoms. The predicted octanol–water partition coefficient (Wildman–Crippen LogP) is 15.7. The van der Waals surface area contributed by atoms with Gasteiger partial charge in [-0.3, -0.25) is 0 Å². The van der Waals surface area contributed by atoms with Crippen LogP contribution in [0.2, 0.25) is 0 Å². The van der Waals surface area contributed by atoms with Gasteiger partial charge in [-0.15, -0.1) is 0 Å². The lowest BCUT2D eigenvalue weighted by Gasteiger charge is -2.35. The smallest absolute Gasteiger partial charge is 0.0714 e. The van der Waals surface area contributed by atoms with Gasteiger partial charge in [0.25, 0.3) is 0 Å². The Hall–Kier alpha value is -7.74. The molecule has 0 saturated carbocycles. The number of fused-ring (bicyclic) bond motifs is 4. The molecule has 0 N–H and O–H groups in total. The van der Waals surface area contributed by atoms with Crippen LogP contribution in [0, 0.1) is 0 Å². The SMILES string of the molecule is c1ccc(-c2cccc(-c3ccccc3N(c3cccc(-c4ccc5ccccc5c4)c3)c3ccc4c(c3)C(c3ccccc3)(c3ccccc3)c3ccccc3-4)c2)cc1. The number of para-hydroxylation sites is 1. The van der Waals surface area contributed by atoms with Crippen molar-refractivity contribution in [2.45, 2.75) is 5.41 Å². The van der Waals surface area contributed by atoms with Gasteiger partial charge in [-0.05, 0) is 114 Å². The van der Waals surface area contributed by atoms with Gasteiger partial charge in [0.2, 0.25) is 0 Å². The fourth-order valence-corrected chi connectivity index (χ4v) is 9.60. The van der Waals surface area contributed by atoms with Crippen LogP contribution in [0.4, 0.5) is 17.1 Å². The summed E-state index contributed by atoms with van der Waals surface area (Å²) in [5.74, 6) is 0. The third kappa shape index (κ3) is 5.94. The van der Waals surface area contributed by atoms with Gasteiger partial charge in [0, 0.05) is 16.9 Å². The Labute approximate surface area is 352 Å². The molecule has 0 amide bonds. The first-order valence-corrected chi connectivity index (χ1v) is 20.8. The van der Waals surface area contributed by atoms with E-state index in [1.807, 2.05) is 0 Å². The van der Waals surface area contributed by atoms with Crippen molar-refractivity contribution in [3.05, 3.63) is 271 Å². The van der Waals surface area contributed by atoms with E-state index in [0.717, 1.165) is 22.6 Å². The van der Waals surface area contributed by atoms with Crippen LogP contribution in [0.25, 0.3) is 55.3 Å². The van der Waals surface area contributed by atoms with E-state index >= 15 is 0 Å². The van der Waals surface area contributed by atoms with Gasteiger partial charge in [0.15, 0.2) is 0 Å². The molecular weight excluding hydrogens is 723 g/mol. The van der Waals surface area contributed by atoms with Gasteiger partial charge >= 0.3 is 0 Å². The van der Waals surface area contributed by atoms with Crippen molar-refractivity contribution in [1.29, 1.82) is 0 Å². The lowest BCUT2D eigenvalue weighted by atomic mass is 9.67. The lowest BCUT2D eigenvalue weighted by Crippen LogP contribution is -2.28. The molecule has 0 heterocycles. The summed E-state index contributed by atoms with van der Waals surface area (Å²) >= 11 is 0. The molecule has 0 aliphatic heterocycles. The van der Waals surface area contributed by atoms with Crippen molar-refractivity contribution in [1.82, 2.24) is 0 Å². The molecule has 0 radical (unpaired) electrons. The van der Waals surface area contributed by atoms with Crippen LogP contribution in [0.3, 0.4) is 0 Å². The zero-order valence-corrected chi connectivity index (χ0v) is 33.1. The normalized spacial score (nSPS) is 12.5. The zero-order valence-electron chi connectivity index (χ0n) is 33.1. The standard InChI is InChI=1S/C59H41N/c1-4-18-42(19-5-1)45-22-16-24-48(39-45)53-30-13-15-33-58(53)60(51-29-17-23-46(40-51)47-35-34-43-20-10-11-21-44(43)38-47)52-36-37-55-54-31-12-14-32-56(54)59(57(55)41-52,49-25-6-2-7-26-49)50-27-8-3-9-28-50/h1-41H. The summed E-state index contributed by atoms with van der Waals surface area (Å²) < 4.78 is 0. The zero-order chi connectivity index (χ0) is 39.9. The van der Waals surface area contributed by atoms with Crippen molar-refractivity contribution in [3.8, 4) is 44.5 Å². The van der Waals surface area contributed by atoms with Crippen LogP contribution in [0.15, 0.2) is 249 Å². The van der Waals surface area contributed by atoms with E-state index < -0.39 is 5.41 Å². The van der Waals surface area contributed by atoms with E-state index in [4.69, 9.17) is 0 Å². The Morgan fingerprint density at radius 2 is 0.800 bits per heavy atom. The fraction of sp³-hybridized carbons (Fsp3) is 0.0169. The molecule has 10 aromatic carbocycles. The van der Waals surface area contributed by atoms with E-state index in [9.17, 15) is 0 Å². The highest BCUT2D eigenvalue weighted by Gasteiger charge is 2.46. The van der Waals surface area contributed by atoms with Crippen LogP contribution >= 0.6 is 0 Å². The molecule has 0 aromatic heterocycles. The van der Waals surface area contributed by atoms with E-state index in [1.54, 1.807) is 0 Å². The van der Waals surface area contributed by atoms with Crippen molar-refractivity contribution >= 4 is 27.8 Å². The molecule has 1 nitrogen and oxygen atoms in total. The van der Waals surface area contributed by atoms with Crippen LogP contribution in [0.5, 0.6) is 0 Å². The van der Waals surface area contributed by atoms with Gasteiger partial charge in [-0.1, -0.05) is 206 Å². The Balaban J connectivity index is 1.16. The minimum atomic E-state index is -0.521. The quantitative estimate of drug-likeness (QED) is 0.149. The summed E-state index contributed by atoms with van der Waals surface area (Å²) in [4.78, 5) is 2.47. The van der Waals surface area contributed by atoms with Crippen LogP contribution in [0.1, 0.15) is 22.3 Å². The van der Waals surface area contributed by atoms with E-state index in [2.05, 4.69) is 254 Å². The maximum absolute atomic E-state index is 2.47. The van der Waals surface area contributed by atoms with E-state index in [-0.39, 0.29) is 0 Å². The average molecular weight is 764 g/mol. The Morgan fingerprint density at radius 3 is 1.57 bits per heavy atom. The Bertz CT molecular complexity index is 3110. The minimum absolute atomic E-state index is 0.521. The van der Waals surface area contributed by atoms with Crippen molar-refractivity contribution < 1.29 is 0 Å². The first-order chi connectivity index (χ1) is 29.8. The van der Waals surface area contributed by atoms with E-state index in [0.29, 0.717) is 0 Å². The molecule has 282 valence electrons. The molecule has 0 saturated heterocycles. The maximum Gasteiger partial charge on any atom is 0.0714 e. The molecule has 10 aromatic rings. The highest BCUT2D eigenvalue weighted by atomic mass is 15.1. The molecule has 1 aliphatic carbocycles. The highest BCUT2D eigenvalue weighted by Crippen LogP contribution is 2.57. The molecule has 11 rings (SSSR count). The monoisotopic (exact) mass is 763 g/mol. The lowest BCUT2D eigenvalue weighted by molar-refractivity contribution is 0.768. The summed E-state index contributed by atoms with van der Waals surface area (Å²) in [6.45, 7) is 0. The third-order valence-corrected chi connectivity index (χ3v) is 12.3. The van der Waals surface area contributed by atoms with Crippen LogP contribution in [-0.2, 0) is 5.41 Å². The van der Waals surface area contributed by atoms with Gasteiger partial charge in [-0.2, -0.15) is 0 Å². The minimum Gasteiger partial charge on any atom is -0.310 e. The highest BCUT2D eigenvalue weighted by molar-refractivity contribution is 5.94. The number of hydrogen-bond acceptors (Lipinski definition) is 1. The van der Waals surface area contributed by atoms with Crippen LogP contribution < -0.4 is 4.90 Å². The second-order valence-electron chi connectivity index (χ2n) is 15.7. The molecule has 1 aliphatic rings. The molecule has 0 unspecified atom stereocenters. The molecule has 0 fully saturated rings. The first kappa shape index (κ1) is 35.4. The Morgan fingerprint density at radius 1 is 0.267 bits per heavy atom. The van der Waals surface area contributed by atoms with Gasteiger partial charge in [0.1, 0.15) is 0 Å². The topological polar surface area (TPSA) is 3.24 Å². The third-order valence-electron chi connectivity index (χ3n) is 12.3. The summed E-state index contributed by atoms with van der Waals surface area (Å²) in [6.07, 6.45) is 0. The number of nitrogens with zero attached hydrogens (tertiary/aromatic N) is 1. The van der Waals surface area contributed by atoms with Gasteiger partial charge in [0.05, 0.1) is 11.1 Å². The molecule has 0 atom stereocenters. The summed E-state index contributed by atoms with van der Waals surface area (Å²) in [5.41, 5.74) is 17.5. The van der Waals surface area contributed by atoms with Crippen molar-refractivity contribution in [3.63, 3.8) is 0 Å². The second-order valence-corrected chi connectivity index (χ2v) is 15.7. The first-order valence-electron chi connectivity index (χ1n) is 20.8.